The van der Waals surface area contributed by atoms with Crippen LogP contribution in [0, 0.1) is 0 Å². The van der Waals surface area contributed by atoms with Crippen LogP contribution in [-0.4, -0.2) is 21.9 Å². The lowest BCUT2D eigenvalue weighted by molar-refractivity contribution is 0.119. The van der Waals surface area contributed by atoms with Crippen molar-refractivity contribution in [1.82, 2.24) is 14.8 Å². The highest BCUT2D eigenvalue weighted by Gasteiger charge is 2.11. The van der Waals surface area contributed by atoms with Crippen LogP contribution in [0.15, 0.2) is 30.6 Å². The molecule has 0 N–H and O–H groups in total. The quantitative estimate of drug-likeness (QED) is 0.830. The van der Waals surface area contributed by atoms with E-state index in [0.717, 1.165) is 17.0 Å². The molecule has 0 amide bonds. The largest absolute Gasteiger partial charge is 0.377 e. The van der Waals surface area contributed by atoms with Crippen molar-refractivity contribution in [2.75, 3.05) is 7.11 Å². The van der Waals surface area contributed by atoms with Crippen LogP contribution in [-0.2, 0) is 4.74 Å². The Morgan fingerprint density at radius 1 is 1.22 bits per heavy atom. The average Bonchev–Trinajstić information content (AvgIpc) is 2.87. The average molecular weight is 245 g/mol. The first-order chi connectivity index (χ1) is 8.63. The number of rotatable bonds is 4. The van der Waals surface area contributed by atoms with Crippen molar-refractivity contribution in [2.24, 2.45) is 0 Å². The Bertz CT molecular complexity index is 519. The molecule has 1 aromatic carbocycles. The normalized spacial score (nSPS) is 12.9. The molecule has 4 heteroatoms. The molecule has 0 aliphatic carbocycles. The molecule has 1 atom stereocenters. The Morgan fingerprint density at radius 2 is 2.00 bits per heavy atom. The van der Waals surface area contributed by atoms with E-state index in [9.17, 15) is 0 Å². The molecule has 0 radical (unpaired) electrons. The molecule has 0 aliphatic heterocycles. The van der Waals surface area contributed by atoms with Crippen molar-refractivity contribution < 1.29 is 4.74 Å². The van der Waals surface area contributed by atoms with E-state index in [1.807, 2.05) is 17.7 Å². The first kappa shape index (κ1) is 12.8. The van der Waals surface area contributed by atoms with Gasteiger partial charge in [0.1, 0.15) is 6.33 Å². The predicted molar refractivity (Wildman–Crippen MR) is 71.3 cm³/mol. The summed E-state index contributed by atoms with van der Waals surface area (Å²) in [5.41, 5.74) is 2.22. The smallest absolute Gasteiger partial charge is 0.158 e. The van der Waals surface area contributed by atoms with E-state index in [0.29, 0.717) is 6.04 Å². The van der Waals surface area contributed by atoms with Crippen LogP contribution in [0.25, 0.3) is 11.4 Å². The number of benzene rings is 1. The number of methoxy groups -OCH3 is 1. The van der Waals surface area contributed by atoms with Crippen molar-refractivity contribution in [3.63, 3.8) is 0 Å². The zero-order valence-corrected chi connectivity index (χ0v) is 11.3. The molecular weight excluding hydrogens is 226 g/mol. The summed E-state index contributed by atoms with van der Waals surface area (Å²) in [7, 11) is 1.72. The summed E-state index contributed by atoms with van der Waals surface area (Å²) < 4.78 is 7.27. The first-order valence-electron chi connectivity index (χ1n) is 6.16. The lowest BCUT2D eigenvalue weighted by Gasteiger charge is -2.13. The number of nitrogens with zero attached hydrogens (tertiary/aromatic N) is 3. The molecule has 1 aromatic heterocycles. The molecule has 1 heterocycles. The van der Waals surface area contributed by atoms with Crippen LogP contribution >= 0.6 is 0 Å². The third-order valence-corrected chi connectivity index (χ3v) is 3.03. The molecule has 18 heavy (non-hydrogen) atoms. The topological polar surface area (TPSA) is 39.9 Å². The number of hydrogen-bond donors (Lipinski definition) is 0. The number of hydrogen-bond acceptors (Lipinski definition) is 3. The fraction of sp³-hybridized carbons (Fsp3) is 0.429. The maximum Gasteiger partial charge on any atom is 0.158 e. The fourth-order valence-electron chi connectivity index (χ4n) is 1.90. The van der Waals surface area contributed by atoms with E-state index in [1.54, 1.807) is 13.4 Å². The molecule has 0 fully saturated rings. The van der Waals surface area contributed by atoms with E-state index in [2.05, 4.69) is 42.1 Å². The van der Waals surface area contributed by atoms with Gasteiger partial charge in [0.15, 0.2) is 5.82 Å². The third kappa shape index (κ3) is 2.43. The molecular formula is C14H19N3O. The molecule has 96 valence electrons. The van der Waals surface area contributed by atoms with Crippen molar-refractivity contribution in [2.45, 2.75) is 32.9 Å². The predicted octanol–water partition coefficient (Wildman–Crippen LogP) is 3.23. The van der Waals surface area contributed by atoms with Gasteiger partial charge >= 0.3 is 0 Å². The van der Waals surface area contributed by atoms with Gasteiger partial charge in [0.25, 0.3) is 0 Å². The van der Waals surface area contributed by atoms with Crippen molar-refractivity contribution >= 4 is 0 Å². The minimum Gasteiger partial charge on any atom is -0.377 e. The highest BCUT2D eigenvalue weighted by atomic mass is 16.5. The van der Waals surface area contributed by atoms with Crippen LogP contribution < -0.4 is 0 Å². The number of aromatic nitrogens is 3. The second-order valence-electron chi connectivity index (χ2n) is 4.63. The molecule has 0 saturated heterocycles. The summed E-state index contributed by atoms with van der Waals surface area (Å²) in [6, 6.07) is 8.55. The van der Waals surface area contributed by atoms with Crippen LogP contribution in [0.3, 0.4) is 0 Å². The van der Waals surface area contributed by atoms with Gasteiger partial charge in [-0.3, -0.25) is 0 Å². The van der Waals surface area contributed by atoms with Gasteiger partial charge in [0.2, 0.25) is 0 Å². The first-order valence-corrected chi connectivity index (χ1v) is 6.16. The highest BCUT2D eigenvalue weighted by Crippen LogP contribution is 2.24. The van der Waals surface area contributed by atoms with Gasteiger partial charge in [0.05, 0.1) is 6.10 Å². The zero-order chi connectivity index (χ0) is 13.1. The van der Waals surface area contributed by atoms with Crippen LogP contribution in [0.5, 0.6) is 0 Å². The zero-order valence-electron chi connectivity index (χ0n) is 11.3. The van der Waals surface area contributed by atoms with E-state index in [1.165, 1.54) is 0 Å². The minimum absolute atomic E-state index is 0.0837. The van der Waals surface area contributed by atoms with E-state index in [-0.39, 0.29) is 6.10 Å². The van der Waals surface area contributed by atoms with Gasteiger partial charge in [-0.25, -0.2) is 9.67 Å². The third-order valence-electron chi connectivity index (χ3n) is 3.03. The summed E-state index contributed by atoms with van der Waals surface area (Å²) in [6.07, 6.45) is 1.68. The fourth-order valence-corrected chi connectivity index (χ4v) is 1.90. The molecule has 4 nitrogen and oxygen atoms in total. The second kappa shape index (κ2) is 5.31. The van der Waals surface area contributed by atoms with Gasteiger partial charge in [-0.15, -0.1) is 0 Å². The standard InChI is InChI=1S/C14H19N3O/c1-10(2)17-14(15-9-16-17)13-7-5-6-12(8-13)11(3)18-4/h5-11H,1-4H3. The lowest BCUT2D eigenvalue weighted by Crippen LogP contribution is -2.05. The Balaban J connectivity index is 2.42. The Kier molecular flexibility index (Phi) is 3.77. The number of ether oxygens (including phenoxy) is 1. The SMILES string of the molecule is COC(C)c1cccc(-c2ncnn2C(C)C)c1. The van der Waals surface area contributed by atoms with Crippen LogP contribution in [0.4, 0.5) is 0 Å². The van der Waals surface area contributed by atoms with Crippen molar-refractivity contribution in [3.8, 4) is 11.4 Å². The van der Waals surface area contributed by atoms with Gasteiger partial charge in [-0.1, -0.05) is 18.2 Å². The van der Waals surface area contributed by atoms with Gasteiger partial charge in [-0.05, 0) is 32.4 Å². The van der Waals surface area contributed by atoms with Crippen LogP contribution in [0.2, 0.25) is 0 Å². The summed E-state index contributed by atoms with van der Waals surface area (Å²) in [4.78, 5) is 4.34. The molecule has 2 rings (SSSR count). The van der Waals surface area contributed by atoms with E-state index in [4.69, 9.17) is 4.74 Å². The van der Waals surface area contributed by atoms with Crippen molar-refractivity contribution in [1.29, 1.82) is 0 Å². The lowest BCUT2D eigenvalue weighted by atomic mass is 10.1. The Labute approximate surface area is 108 Å². The molecule has 0 saturated carbocycles. The molecule has 1 unspecified atom stereocenters. The maximum absolute atomic E-state index is 5.34. The minimum atomic E-state index is 0.0837. The Hall–Kier alpha value is -1.68. The van der Waals surface area contributed by atoms with Gasteiger partial charge in [-0.2, -0.15) is 5.10 Å². The second-order valence-corrected chi connectivity index (χ2v) is 4.63. The maximum atomic E-state index is 5.34. The summed E-state index contributed by atoms with van der Waals surface area (Å²) in [5, 5.41) is 4.26. The Morgan fingerprint density at radius 3 is 2.67 bits per heavy atom. The highest BCUT2D eigenvalue weighted by molar-refractivity contribution is 5.56. The van der Waals surface area contributed by atoms with Gasteiger partial charge in [0, 0.05) is 18.7 Å². The van der Waals surface area contributed by atoms with E-state index >= 15 is 0 Å². The summed E-state index contributed by atoms with van der Waals surface area (Å²) in [5.74, 6) is 0.898. The van der Waals surface area contributed by atoms with Crippen LogP contribution in [0.1, 0.15) is 38.5 Å². The molecule has 0 bridgehead atoms. The molecule has 0 spiro atoms. The molecule has 2 aromatic rings. The molecule has 0 aliphatic rings. The van der Waals surface area contributed by atoms with Gasteiger partial charge < -0.3 is 4.74 Å². The monoisotopic (exact) mass is 245 g/mol. The van der Waals surface area contributed by atoms with E-state index < -0.39 is 0 Å². The summed E-state index contributed by atoms with van der Waals surface area (Å²) in [6.45, 7) is 6.23. The summed E-state index contributed by atoms with van der Waals surface area (Å²) >= 11 is 0. The van der Waals surface area contributed by atoms with Crippen molar-refractivity contribution in [3.05, 3.63) is 36.2 Å².